The summed E-state index contributed by atoms with van der Waals surface area (Å²) in [6.07, 6.45) is 3.99. The molecule has 0 aromatic heterocycles. The molecule has 5 heteroatoms. The summed E-state index contributed by atoms with van der Waals surface area (Å²) < 4.78 is 10.6. The predicted octanol–water partition coefficient (Wildman–Crippen LogP) is 3.01. The van der Waals surface area contributed by atoms with Crippen molar-refractivity contribution in [3.05, 3.63) is 41.4 Å². The quantitative estimate of drug-likeness (QED) is 0.636. The van der Waals surface area contributed by atoms with Crippen LogP contribution in [0.4, 0.5) is 0 Å². The van der Waals surface area contributed by atoms with E-state index in [0.717, 1.165) is 6.08 Å². The first-order chi connectivity index (χ1) is 8.58. The molecular formula is C13H13ClO4. The van der Waals surface area contributed by atoms with E-state index < -0.39 is 5.97 Å². The molecule has 0 radical (unpaired) electrons. The van der Waals surface area contributed by atoms with Crippen LogP contribution in [0.2, 0.25) is 5.02 Å². The Morgan fingerprint density at radius 2 is 2.28 bits per heavy atom. The van der Waals surface area contributed by atoms with Crippen molar-refractivity contribution in [2.45, 2.75) is 0 Å². The van der Waals surface area contributed by atoms with E-state index in [-0.39, 0.29) is 6.61 Å². The molecule has 1 rings (SSSR count). The van der Waals surface area contributed by atoms with Gasteiger partial charge >= 0.3 is 5.97 Å². The zero-order valence-corrected chi connectivity index (χ0v) is 10.6. The number of aliphatic carboxylic acids is 1. The number of ether oxygens (including phenoxy) is 2. The van der Waals surface area contributed by atoms with Gasteiger partial charge in [-0.25, -0.2) is 4.79 Å². The number of hydrogen-bond donors (Lipinski definition) is 1. The number of hydrogen-bond acceptors (Lipinski definition) is 3. The van der Waals surface area contributed by atoms with Crippen molar-refractivity contribution in [1.82, 2.24) is 0 Å². The predicted molar refractivity (Wildman–Crippen MR) is 70.4 cm³/mol. The lowest BCUT2D eigenvalue weighted by Gasteiger charge is -2.12. The molecule has 0 amide bonds. The molecule has 96 valence electrons. The molecule has 0 atom stereocenters. The summed E-state index contributed by atoms with van der Waals surface area (Å²) in [6.45, 7) is 3.83. The Balaban J connectivity index is 3.22. The van der Waals surface area contributed by atoms with E-state index in [9.17, 15) is 4.79 Å². The summed E-state index contributed by atoms with van der Waals surface area (Å²) in [6, 6.07) is 3.19. The molecule has 1 N–H and O–H groups in total. The maximum atomic E-state index is 10.5. The molecule has 18 heavy (non-hydrogen) atoms. The van der Waals surface area contributed by atoms with E-state index in [0.29, 0.717) is 22.1 Å². The van der Waals surface area contributed by atoms with Crippen LogP contribution in [-0.2, 0) is 4.79 Å². The third-order valence-corrected chi connectivity index (χ3v) is 2.24. The highest BCUT2D eigenvalue weighted by Gasteiger charge is 2.11. The standard InChI is InChI=1S/C13H13ClO4/c1-3-6-18-13-9(4-5-12(15)16)7-10(14)8-11(13)17-2/h3-5,7-8H,1,6H2,2H3,(H,15,16)/b5-4+. The molecule has 0 aliphatic rings. The van der Waals surface area contributed by atoms with Gasteiger partial charge in [0.2, 0.25) is 0 Å². The second-order valence-electron chi connectivity index (χ2n) is 3.30. The topological polar surface area (TPSA) is 55.8 Å². The number of methoxy groups -OCH3 is 1. The van der Waals surface area contributed by atoms with Crippen LogP contribution in [0.15, 0.2) is 30.9 Å². The fourth-order valence-electron chi connectivity index (χ4n) is 1.32. The lowest BCUT2D eigenvalue weighted by atomic mass is 10.1. The Labute approximate surface area is 110 Å². The largest absolute Gasteiger partial charge is 0.493 e. The molecule has 0 spiro atoms. The normalized spacial score (nSPS) is 10.3. The third kappa shape index (κ3) is 3.82. The summed E-state index contributed by atoms with van der Waals surface area (Å²) >= 11 is 5.91. The van der Waals surface area contributed by atoms with Gasteiger partial charge in [0, 0.05) is 22.7 Å². The number of benzene rings is 1. The molecule has 0 heterocycles. The number of carboxylic acids is 1. The average Bonchev–Trinajstić information content (AvgIpc) is 2.34. The maximum Gasteiger partial charge on any atom is 0.328 e. The Kier molecular flexibility index (Phi) is 5.27. The summed E-state index contributed by atoms with van der Waals surface area (Å²) in [7, 11) is 1.48. The molecule has 0 aliphatic heterocycles. The smallest absolute Gasteiger partial charge is 0.328 e. The lowest BCUT2D eigenvalue weighted by Crippen LogP contribution is -1.99. The Morgan fingerprint density at radius 1 is 1.56 bits per heavy atom. The monoisotopic (exact) mass is 268 g/mol. The SMILES string of the molecule is C=CCOc1c(/C=C/C(=O)O)cc(Cl)cc1OC. The van der Waals surface area contributed by atoms with E-state index in [1.54, 1.807) is 18.2 Å². The lowest BCUT2D eigenvalue weighted by molar-refractivity contribution is -0.131. The van der Waals surface area contributed by atoms with Crippen LogP contribution in [-0.4, -0.2) is 24.8 Å². The molecule has 1 aromatic rings. The van der Waals surface area contributed by atoms with Gasteiger partial charge in [0.25, 0.3) is 0 Å². The minimum Gasteiger partial charge on any atom is -0.493 e. The summed E-state index contributed by atoms with van der Waals surface area (Å²) in [5.74, 6) is -0.183. The first kappa shape index (κ1) is 14.1. The summed E-state index contributed by atoms with van der Waals surface area (Å²) in [5, 5.41) is 9.06. The fourth-order valence-corrected chi connectivity index (χ4v) is 1.54. The van der Waals surface area contributed by atoms with Gasteiger partial charge in [-0.2, -0.15) is 0 Å². The second kappa shape index (κ2) is 6.71. The van der Waals surface area contributed by atoms with Gasteiger partial charge in [0.15, 0.2) is 11.5 Å². The van der Waals surface area contributed by atoms with Crippen molar-refractivity contribution < 1.29 is 19.4 Å². The molecule has 4 nitrogen and oxygen atoms in total. The van der Waals surface area contributed by atoms with Gasteiger partial charge in [-0.3, -0.25) is 0 Å². The maximum absolute atomic E-state index is 10.5. The van der Waals surface area contributed by atoms with Gasteiger partial charge < -0.3 is 14.6 Å². The van der Waals surface area contributed by atoms with Gasteiger partial charge in [-0.15, -0.1) is 0 Å². The number of halogens is 1. The van der Waals surface area contributed by atoms with Crippen molar-refractivity contribution in [3.8, 4) is 11.5 Å². The van der Waals surface area contributed by atoms with Crippen LogP contribution in [0.5, 0.6) is 11.5 Å². The minimum absolute atomic E-state index is 0.284. The van der Waals surface area contributed by atoms with Crippen molar-refractivity contribution in [2.75, 3.05) is 13.7 Å². The van der Waals surface area contributed by atoms with E-state index in [2.05, 4.69) is 6.58 Å². The highest BCUT2D eigenvalue weighted by molar-refractivity contribution is 6.31. The number of carboxylic acid groups (broad SMARTS) is 1. The van der Waals surface area contributed by atoms with Crippen molar-refractivity contribution in [3.63, 3.8) is 0 Å². The summed E-state index contributed by atoms with van der Waals surface area (Å²) in [5.41, 5.74) is 0.531. The van der Waals surface area contributed by atoms with E-state index >= 15 is 0 Å². The molecule has 0 saturated heterocycles. The Morgan fingerprint density at radius 3 is 2.83 bits per heavy atom. The molecule has 1 aromatic carbocycles. The average molecular weight is 269 g/mol. The first-order valence-electron chi connectivity index (χ1n) is 5.10. The van der Waals surface area contributed by atoms with Gasteiger partial charge in [-0.05, 0) is 12.1 Å². The van der Waals surface area contributed by atoms with Gasteiger partial charge in [0.05, 0.1) is 7.11 Å². The fraction of sp³-hybridized carbons (Fsp3) is 0.154. The highest BCUT2D eigenvalue weighted by Crippen LogP contribution is 2.35. The molecular weight excluding hydrogens is 256 g/mol. The van der Waals surface area contributed by atoms with Crippen LogP contribution in [0.25, 0.3) is 6.08 Å². The van der Waals surface area contributed by atoms with Crippen LogP contribution in [0.1, 0.15) is 5.56 Å². The van der Waals surface area contributed by atoms with Crippen LogP contribution < -0.4 is 9.47 Å². The van der Waals surface area contributed by atoms with E-state index in [1.807, 2.05) is 0 Å². The first-order valence-corrected chi connectivity index (χ1v) is 5.48. The van der Waals surface area contributed by atoms with Gasteiger partial charge in [-0.1, -0.05) is 24.3 Å². The third-order valence-electron chi connectivity index (χ3n) is 2.02. The van der Waals surface area contributed by atoms with Crippen LogP contribution in [0.3, 0.4) is 0 Å². The number of rotatable bonds is 6. The van der Waals surface area contributed by atoms with E-state index in [4.69, 9.17) is 26.2 Å². The van der Waals surface area contributed by atoms with Crippen molar-refractivity contribution in [2.24, 2.45) is 0 Å². The van der Waals surface area contributed by atoms with Crippen LogP contribution in [0, 0.1) is 0 Å². The number of carbonyl (C=O) groups is 1. The Hall–Kier alpha value is -1.94. The van der Waals surface area contributed by atoms with E-state index in [1.165, 1.54) is 13.2 Å². The highest BCUT2D eigenvalue weighted by atomic mass is 35.5. The second-order valence-corrected chi connectivity index (χ2v) is 3.73. The zero-order valence-electron chi connectivity index (χ0n) is 9.85. The molecule has 0 bridgehead atoms. The van der Waals surface area contributed by atoms with Crippen molar-refractivity contribution in [1.29, 1.82) is 0 Å². The minimum atomic E-state index is -1.05. The molecule has 0 saturated carbocycles. The van der Waals surface area contributed by atoms with Crippen molar-refractivity contribution >= 4 is 23.6 Å². The molecule has 0 unspecified atom stereocenters. The van der Waals surface area contributed by atoms with Crippen LogP contribution >= 0.6 is 11.6 Å². The summed E-state index contributed by atoms with van der Waals surface area (Å²) in [4.78, 5) is 10.5. The molecule has 0 fully saturated rings. The Bertz CT molecular complexity index is 480. The molecule has 0 aliphatic carbocycles. The zero-order chi connectivity index (χ0) is 13.5. The van der Waals surface area contributed by atoms with Gasteiger partial charge in [0.1, 0.15) is 6.61 Å².